The maximum atomic E-state index is 14.5. The van der Waals surface area contributed by atoms with E-state index >= 15 is 0 Å². The van der Waals surface area contributed by atoms with Crippen molar-refractivity contribution in [2.24, 2.45) is 11.8 Å². The van der Waals surface area contributed by atoms with Gasteiger partial charge in [0, 0.05) is 54.5 Å². The summed E-state index contributed by atoms with van der Waals surface area (Å²) in [4.78, 5) is 31.1. The second-order valence-corrected chi connectivity index (χ2v) is 15.6. The number of anilines is 1. The molecule has 4 aliphatic rings. The quantitative estimate of drug-likeness (QED) is 0.228. The van der Waals surface area contributed by atoms with E-state index in [0.717, 1.165) is 105 Å². The molecule has 1 aliphatic heterocycles. The number of thioether (sulfide) groups is 1. The van der Waals surface area contributed by atoms with Crippen molar-refractivity contribution < 1.29 is 19.1 Å². The molecule has 1 aromatic heterocycles. The Hall–Kier alpha value is -3.46. The first-order chi connectivity index (χ1) is 23.4. The fraction of sp³-hybridized carbons (Fsp3) is 0.564. The number of carbonyl (C=O) groups excluding carboxylic acids is 2. The minimum absolute atomic E-state index is 0.0637. The van der Waals surface area contributed by atoms with Crippen molar-refractivity contribution in [1.82, 2.24) is 14.7 Å². The lowest BCUT2D eigenvalue weighted by Gasteiger charge is -2.36. The standard InChI is InChI=1S/C39H50N4O4S/c1-27-22-32(12-17-37(27)46-2)29-8-6-28(7-9-29)25-42(35-5-3-4-31(23-35)33-24-40-43(26-33)34-13-14-34)38(44)30-10-15-36(16-11-30)47-39(45)41-18-20-48-21-19-41/h3-5,12,17,22-24,26,28-30,34,36H,6-11,13-16,18-21,25H2,1-2H3/t28-,29-,30-,36-. The van der Waals surface area contributed by atoms with Crippen LogP contribution in [0.25, 0.3) is 11.1 Å². The number of hydrogen-bond acceptors (Lipinski definition) is 6. The van der Waals surface area contributed by atoms with E-state index in [4.69, 9.17) is 9.47 Å². The SMILES string of the molecule is COc1ccc([C@H]2CC[C@H](CN(c3cccc(-c4cnn(C5CC5)c4)c3)C(=O)[C@H]3CC[C@H](OC(=O)N4CCSCC4)CC3)CC2)cc1C. The molecule has 2 heterocycles. The summed E-state index contributed by atoms with van der Waals surface area (Å²) in [7, 11) is 1.73. The van der Waals surface area contributed by atoms with Gasteiger partial charge in [0.25, 0.3) is 0 Å². The van der Waals surface area contributed by atoms with Crippen LogP contribution in [-0.2, 0) is 9.53 Å². The molecule has 3 aromatic rings. The smallest absolute Gasteiger partial charge is 0.410 e. The third-order valence-corrected chi connectivity index (χ3v) is 12.0. The fourth-order valence-corrected chi connectivity index (χ4v) is 8.81. The Labute approximate surface area is 289 Å². The van der Waals surface area contributed by atoms with Crippen molar-refractivity contribution in [3.05, 3.63) is 66.0 Å². The van der Waals surface area contributed by atoms with E-state index in [9.17, 15) is 9.59 Å². The number of hydrogen-bond donors (Lipinski definition) is 0. The van der Waals surface area contributed by atoms with Crippen molar-refractivity contribution in [3.8, 4) is 16.9 Å². The largest absolute Gasteiger partial charge is 0.496 e. The number of amides is 2. The van der Waals surface area contributed by atoms with Gasteiger partial charge in [-0.1, -0.05) is 24.3 Å². The molecular weight excluding hydrogens is 621 g/mol. The molecular formula is C39H50N4O4S. The molecule has 7 rings (SSSR count). The first kappa shape index (κ1) is 33.1. The molecule has 0 atom stereocenters. The van der Waals surface area contributed by atoms with E-state index < -0.39 is 0 Å². The zero-order valence-electron chi connectivity index (χ0n) is 28.5. The highest BCUT2D eigenvalue weighted by Crippen LogP contribution is 2.40. The normalized spacial score (nSPS) is 24.6. The van der Waals surface area contributed by atoms with Gasteiger partial charge in [-0.15, -0.1) is 0 Å². The summed E-state index contributed by atoms with van der Waals surface area (Å²) in [5.41, 5.74) is 5.76. The van der Waals surface area contributed by atoms with Crippen LogP contribution >= 0.6 is 11.8 Å². The highest BCUT2D eigenvalue weighted by atomic mass is 32.2. The predicted molar refractivity (Wildman–Crippen MR) is 192 cm³/mol. The summed E-state index contributed by atoms with van der Waals surface area (Å²) >= 11 is 1.88. The van der Waals surface area contributed by atoms with Gasteiger partial charge in [-0.3, -0.25) is 9.48 Å². The van der Waals surface area contributed by atoms with Gasteiger partial charge in [-0.2, -0.15) is 16.9 Å². The fourth-order valence-electron chi connectivity index (χ4n) is 7.91. The third kappa shape index (κ3) is 7.72. The Balaban J connectivity index is 1.04. The van der Waals surface area contributed by atoms with Crippen LogP contribution in [0.2, 0.25) is 0 Å². The van der Waals surface area contributed by atoms with Gasteiger partial charge < -0.3 is 19.3 Å². The number of rotatable bonds is 9. The molecule has 3 saturated carbocycles. The maximum absolute atomic E-state index is 14.5. The Kier molecular flexibility index (Phi) is 10.3. The molecule has 0 bridgehead atoms. The molecule has 256 valence electrons. The number of carbonyl (C=O) groups is 2. The highest BCUT2D eigenvalue weighted by molar-refractivity contribution is 7.99. The second kappa shape index (κ2) is 15.0. The average molecular weight is 671 g/mol. The zero-order chi connectivity index (χ0) is 33.0. The molecule has 8 nitrogen and oxygen atoms in total. The van der Waals surface area contributed by atoms with Crippen LogP contribution in [0.15, 0.2) is 54.9 Å². The van der Waals surface area contributed by atoms with Gasteiger partial charge in [-0.25, -0.2) is 4.79 Å². The van der Waals surface area contributed by atoms with Gasteiger partial charge in [0.2, 0.25) is 5.91 Å². The Morgan fingerprint density at radius 3 is 2.40 bits per heavy atom. The molecule has 0 N–H and O–H groups in total. The van der Waals surface area contributed by atoms with Crippen molar-refractivity contribution >= 4 is 29.4 Å². The highest BCUT2D eigenvalue weighted by Gasteiger charge is 2.34. The summed E-state index contributed by atoms with van der Waals surface area (Å²) < 4.78 is 13.5. The number of ether oxygens (including phenoxy) is 2. The number of aryl methyl sites for hydroxylation is 1. The second-order valence-electron chi connectivity index (χ2n) is 14.3. The predicted octanol–water partition coefficient (Wildman–Crippen LogP) is 8.25. The van der Waals surface area contributed by atoms with Crippen molar-refractivity contribution in [1.29, 1.82) is 0 Å². The minimum atomic E-state index is -0.186. The number of methoxy groups -OCH3 is 1. The summed E-state index contributed by atoms with van der Waals surface area (Å²) in [6, 6.07) is 15.6. The monoisotopic (exact) mass is 670 g/mol. The van der Waals surface area contributed by atoms with Crippen LogP contribution in [0.5, 0.6) is 5.75 Å². The summed E-state index contributed by atoms with van der Waals surface area (Å²) in [5, 5.41) is 4.62. The maximum Gasteiger partial charge on any atom is 0.410 e. The number of nitrogens with zero attached hydrogens (tertiary/aromatic N) is 4. The Bertz CT molecular complexity index is 1570. The molecule has 3 aliphatic carbocycles. The van der Waals surface area contributed by atoms with Crippen molar-refractivity contribution in [2.75, 3.05) is 43.1 Å². The van der Waals surface area contributed by atoms with Gasteiger partial charge in [0.05, 0.1) is 19.3 Å². The van der Waals surface area contributed by atoms with Gasteiger partial charge in [-0.05, 0) is 118 Å². The lowest BCUT2D eigenvalue weighted by Crippen LogP contribution is -2.43. The van der Waals surface area contributed by atoms with Crippen LogP contribution in [0.1, 0.15) is 87.3 Å². The van der Waals surface area contributed by atoms with E-state index in [-0.39, 0.29) is 24.0 Å². The molecule has 0 radical (unpaired) electrons. The van der Waals surface area contributed by atoms with Crippen LogP contribution in [0, 0.1) is 18.8 Å². The van der Waals surface area contributed by atoms with Crippen LogP contribution in [0.4, 0.5) is 10.5 Å². The molecule has 4 fully saturated rings. The molecule has 2 amide bonds. The summed E-state index contributed by atoms with van der Waals surface area (Å²) in [6.07, 6.45) is 13.7. The van der Waals surface area contributed by atoms with Crippen molar-refractivity contribution in [2.45, 2.75) is 89.2 Å². The minimum Gasteiger partial charge on any atom is -0.496 e. The van der Waals surface area contributed by atoms with Crippen molar-refractivity contribution in [3.63, 3.8) is 0 Å². The molecule has 0 spiro atoms. The lowest BCUT2D eigenvalue weighted by molar-refractivity contribution is -0.124. The molecule has 0 unspecified atom stereocenters. The van der Waals surface area contributed by atoms with E-state index in [1.54, 1.807) is 7.11 Å². The number of benzene rings is 2. The first-order valence-corrected chi connectivity index (χ1v) is 19.2. The van der Waals surface area contributed by atoms with E-state index in [0.29, 0.717) is 17.9 Å². The van der Waals surface area contributed by atoms with Gasteiger partial charge in [0.1, 0.15) is 11.9 Å². The number of aromatic nitrogens is 2. The third-order valence-electron chi connectivity index (χ3n) is 11.0. The van der Waals surface area contributed by atoms with Gasteiger partial charge in [0.15, 0.2) is 0 Å². The lowest BCUT2D eigenvalue weighted by atomic mass is 9.78. The molecule has 48 heavy (non-hydrogen) atoms. The summed E-state index contributed by atoms with van der Waals surface area (Å²) in [6.45, 7) is 4.37. The molecule has 1 saturated heterocycles. The molecule has 2 aromatic carbocycles. The van der Waals surface area contributed by atoms with E-state index in [2.05, 4.69) is 70.3 Å². The summed E-state index contributed by atoms with van der Waals surface area (Å²) in [5.74, 6) is 4.03. The Morgan fingerprint density at radius 2 is 1.69 bits per heavy atom. The van der Waals surface area contributed by atoms with E-state index in [1.165, 1.54) is 24.0 Å². The van der Waals surface area contributed by atoms with Crippen LogP contribution < -0.4 is 9.64 Å². The zero-order valence-corrected chi connectivity index (χ0v) is 29.3. The average Bonchev–Trinajstić information content (AvgIpc) is 3.87. The molecule has 9 heteroatoms. The first-order valence-electron chi connectivity index (χ1n) is 18.1. The van der Waals surface area contributed by atoms with E-state index in [1.807, 2.05) is 22.9 Å². The van der Waals surface area contributed by atoms with Crippen LogP contribution in [-0.4, -0.2) is 71.0 Å². The Morgan fingerprint density at radius 1 is 0.917 bits per heavy atom. The van der Waals surface area contributed by atoms with Gasteiger partial charge >= 0.3 is 6.09 Å². The van der Waals surface area contributed by atoms with Crippen LogP contribution in [0.3, 0.4) is 0 Å². The topological polar surface area (TPSA) is 76.9 Å².